The molecular formula is C16H28N6O2. The minimum atomic E-state index is 0.0527. The molecule has 8 nitrogen and oxygen atoms in total. The molecule has 2 fully saturated rings. The molecule has 8 heteroatoms. The molecule has 1 unspecified atom stereocenters. The van der Waals surface area contributed by atoms with Gasteiger partial charge in [-0.15, -0.1) is 0 Å². The molecule has 0 spiro atoms. The van der Waals surface area contributed by atoms with Gasteiger partial charge < -0.3 is 19.2 Å². The van der Waals surface area contributed by atoms with Crippen molar-refractivity contribution in [1.29, 1.82) is 0 Å². The Balaban J connectivity index is 1.57. The minimum absolute atomic E-state index is 0.0527. The van der Waals surface area contributed by atoms with Crippen LogP contribution in [0.4, 0.5) is 4.79 Å². The van der Waals surface area contributed by atoms with Gasteiger partial charge in [0, 0.05) is 53.4 Å². The molecule has 1 atom stereocenters. The fourth-order valence-corrected chi connectivity index (χ4v) is 3.34. The smallest absolute Gasteiger partial charge is 0.319 e. The highest BCUT2D eigenvalue weighted by Crippen LogP contribution is 2.26. The van der Waals surface area contributed by atoms with Crippen LogP contribution in [0.3, 0.4) is 0 Å². The second-order valence-corrected chi connectivity index (χ2v) is 7.09. The molecular weight excluding hydrogens is 308 g/mol. The number of aromatic nitrogens is 2. The SMILES string of the molecule is CN1CCN(Cc2noc(C3CCCN(C(=O)N(C)C)C3)n2)CC1. The number of likely N-dealkylation sites (tertiary alicyclic amines) is 1. The predicted octanol–water partition coefficient (Wildman–Crippen LogP) is 0.678. The summed E-state index contributed by atoms with van der Waals surface area (Å²) in [6.07, 6.45) is 1.97. The van der Waals surface area contributed by atoms with Gasteiger partial charge in [-0.05, 0) is 19.9 Å². The summed E-state index contributed by atoms with van der Waals surface area (Å²) in [5.41, 5.74) is 0. The van der Waals surface area contributed by atoms with E-state index in [0.29, 0.717) is 12.4 Å². The first kappa shape index (κ1) is 17.2. The van der Waals surface area contributed by atoms with Crippen LogP contribution in [0.25, 0.3) is 0 Å². The van der Waals surface area contributed by atoms with Crippen LogP contribution in [-0.2, 0) is 6.54 Å². The van der Waals surface area contributed by atoms with E-state index in [1.165, 1.54) is 0 Å². The molecule has 0 saturated carbocycles. The molecule has 2 aliphatic rings. The summed E-state index contributed by atoms with van der Waals surface area (Å²) in [5, 5.41) is 4.15. The van der Waals surface area contributed by atoms with Gasteiger partial charge in [-0.25, -0.2) is 4.79 Å². The van der Waals surface area contributed by atoms with Crippen LogP contribution in [0.15, 0.2) is 4.52 Å². The van der Waals surface area contributed by atoms with Crippen molar-refractivity contribution in [3.8, 4) is 0 Å². The predicted molar refractivity (Wildman–Crippen MR) is 89.7 cm³/mol. The van der Waals surface area contributed by atoms with Gasteiger partial charge in [-0.2, -0.15) is 4.98 Å². The second-order valence-electron chi connectivity index (χ2n) is 7.09. The number of nitrogens with zero attached hydrogens (tertiary/aromatic N) is 6. The van der Waals surface area contributed by atoms with Crippen molar-refractivity contribution < 1.29 is 9.32 Å². The summed E-state index contributed by atoms with van der Waals surface area (Å²) in [7, 11) is 5.72. The monoisotopic (exact) mass is 336 g/mol. The quantitative estimate of drug-likeness (QED) is 0.808. The summed E-state index contributed by atoms with van der Waals surface area (Å²) >= 11 is 0. The van der Waals surface area contributed by atoms with E-state index in [4.69, 9.17) is 4.52 Å². The third kappa shape index (κ3) is 4.05. The lowest BCUT2D eigenvalue weighted by Crippen LogP contribution is -2.44. The van der Waals surface area contributed by atoms with Crippen molar-refractivity contribution >= 4 is 6.03 Å². The van der Waals surface area contributed by atoms with Crippen molar-refractivity contribution in [1.82, 2.24) is 29.7 Å². The Kier molecular flexibility index (Phi) is 5.35. The van der Waals surface area contributed by atoms with Gasteiger partial charge >= 0.3 is 6.03 Å². The number of urea groups is 1. The lowest BCUT2D eigenvalue weighted by Gasteiger charge is -2.32. The van der Waals surface area contributed by atoms with E-state index in [9.17, 15) is 4.79 Å². The second kappa shape index (κ2) is 7.48. The lowest BCUT2D eigenvalue weighted by molar-refractivity contribution is 0.144. The molecule has 0 aliphatic carbocycles. The maximum Gasteiger partial charge on any atom is 0.319 e. The summed E-state index contributed by atoms with van der Waals surface area (Å²) in [5.74, 6) is 1.58. The van der Waals surface area contributed by atoms with Crippen molar-refractivity contribution in [3.63, 3.8) is 0 Å². The third-order valence-electron chi connectivity index (χ3n) is 4.87. The molecule has 3 rings (SSSR count). The normalized spacial score (nSPS) is 23.5. The Morgan fingerprint density at radius 3 is 2.71 bits per heavy atom. The fourth-order valence-electron chi connectivity index (χ4n) is 3.34. The zero-order valence-electron chi connectivity index (χ0n) is 14.9. The Labute approximate surface area is 143 Å². The lowest BCUT2D eigenvalue weighted by atomic mass is 9.98. The van der Waals surface area contributed by atoms with E-state index in [0.717, 1.165) is 57.9 Å². The van der Waals surface area contributed by atoms with E-state index < -0.39 is 0 Å². The van der Waals surface area contributed by atoms with Crippen molar-refractivity contribution in [2.45, 2.75) is 25.3 Å². The van der Waals surface area contributed by atoms with Crippen LogP contribution in [0.1, 0.15) is 30.5 Å². The van der Waals surface area contributed by atoms with E-state index in [-0.39, 0.29) is 11.9 Å². The summed E-state index contributed by atoms with van der Waals surface area (Å²) in [6.45, 7) is 6.43. The van der Waals surface area contributed by atoms with E-state index in [1.54, 1.807) is 19.0 Å². The summed E-state index contributed by atoms with van der Waals surface area (Å²) < 4.78 is 5.51. The van der Waals surface area contributed by atoms with Gasteiger partial charge in [0.25, 0.3) is 0 Å². The van der Waals surface area contributed by atoms with Gasteiger partial charge in [0.05, 0.1) is 12.5 Å². The van der Waals surface area contributed by atoms with Crippen LogP contribution in [0.2, 0.25) is 0 Å². The van der Waals surface area contributed by atoms with E-state index >= 15 is 0 Å². The van der Waals surface area contributed by atoms with Crippen LogP contribution in [-0.4, -0.2) is 96.2 Å². The number of hydrogen-bond acceptors (Lipinski definition) is 6. The van der Waals surface area contributed by atoms with Crippen molar-refractivity contribution in [2.24, 2.45) is 0 Å². The molecule has 2 amide bonds. The zero-order valence-corrected chi connectivity index (χ0v) is 14.9. The van der Waals surface area contributed by atoms with Crippen molar-refractivity contribution in [2.75, 3.05) is 60.4 Å². The van der Waals surface area contributed by atoms with Gasteiger partial charge in [-0.1, -0.05) is 5.16 Å². The van der Waals surface area contributed by atoms with E-state index in [1.807, 2.05) is 4.90 Å². The third-order valence-corrected chi connectivity index (χ3v) is 4.87. The Morgan fingerprint density at radius 1 is 1.25 bits per heavy atom. The first-order valence-electron chi connectivity index (χ1n) is 8.72. The minimum Gasteiger partial charge on any atom is -0.339 e. The molecule has 134 valence electrons. The Morgan fingerprint density at radius 2 is 2.00 bits per heavy atom. The van der Waals surface area contributed by atoms with Crippen LogP contribution in [0, 0.1) is 0 Å². The molecule has 24 heavy (non-hydrogen) atoms. The maximum atomic E-state index is 12.1. The molecule has 1 aromatic heterocycles. The summed E-state index contributed by atoms with van der Waals surface area (Å²) in [4.78, 5) is 24.9. The molecule has 0 aromatic carbocycles. The first-order valence-corrected chi connectivity index (χ1v) is 8.72. The standard InChI is InChI=1S/C16H28N6O2/c1-19(2)16(23)22-6-4-5-13(11-22)15-17-14(18-24-15)12-21-9-7-20(3)8-10-21/h13H,4-12H2,1-3H3. The number of piperazine rings is 1. The van der Waals surface area contributed by atoms with Gasteiger partial charge in [-0.3, -0.25) is 4.90 Å². The Bertz CT molecular complexity index is 553. The molecule has 2 aliphatic heterocycles. The number of carbonyl (C=O) groups is 1. The average Bonchev–Trinajstić information content (AvgIpc) is 3.05. The van der Waals surface area contributed by atoms with Crippen LogP contribution >= 0.6 is 0 Å². The molecule has 1 aromatic rings. The largest absolute Gasteiger partial charge is 0.339 e. The highest BCUT2D eigenvalue weighted by molar-refractivity contribution is 5.74. The molecule has 0 N–H and O–H groups in total. The fraction of sp³-hybridized carbons (Fsp3) is 0.812. The molecule has 0 radical (unpaired) electrons. The first-order chi connectivity index (χ1) is 11.5. The highest BCUT2D eigenvalue weighted by atomic mass is 16.5. The molecule has 0 bridgehead atoms. The number of hydrogen-bond donors (Lipinski definition) is 0. The molecule has 3 heterocycles. The zero-order chi connectivity index (χ0) is 17.1. The number of likely N-dealkylation sites (N-methyl/N-ethyl adjacent to an activating group) is 1. The van der Waals surface area contributed by atoms with Crippen LogP contribution < -0.4 is 0 Å². The number of amides is 2. The van der Waals surface area contributed by atoms with E-state index in [2.05, 4.69) is 27.0 Å². The van der Waals surface area contributed by atoms with Gasteiger partial charge in [0.2, 0.25) is 5.89 Å². The van der Waals surface area contributed by atoms with Gasteiger partial charge in [0.15, 0.2) is 5.82 Å². The number of carbonyl (C=O) groups excluding carboxylic acids is 1. The molecule has 2 saturated heterocycles. The van der Waals surface area contributed by atoms with Gasteiger partial charge in [0.1, 0.15) is 0 Å². The number of piperidine rings is 1. The van der Waals surface area contributed by atoms with Crippen molar-refractivity contribution in [3.05, 3.63) is 11.7 Å². The van der Waals surface area contributed by atoms with Crippen LogP contribution in [0.5, 0.6) is 0 Å². The highest BCUT2D eigenvalue weighted by Gasteiger charge is 2.29. The maximum absolute atomic E-state index is 12.1. The average molecular weight is 336 g/mol. The Hall–Kier alpha value is -1.67. The summed E-state index contributed by atoms with van der Waals surface area (Å²) in [6, 6.07) is 0.0527. The number of rotatable bonds is 3. The topological polar surface area (TPSA) is 69.0 Å².